The molecule has 0 radical (unpaired) electrons. The quantitative estimate of drug-likeness (QED) is 0.208. The lowest BCUT2D eigenvalue weighted by atomic mass is 9.97. The van der Waals surface area contributed by atoms with Gasteiger partial charge in [0.25, 0.3) is 0 Å². The van der Waals surface area contributed by atoms with Crippen molar-refractivity contribution in [2.24, 2.45) is 10.8 Å². The first kappa shape index (κ1) is 19.8. The molecule has 0 aromatic heterocycles. The zero-order valence-electron chi connectivity index (χ0n) is 16.3. The van der Waals surface area contributed by atoms with Gasteiger partial charge in [0.2, 0.25) is 5.91 Å². The van der Waals surface area contributed by atoms with Gasteiger partial charge in [0.05, 0.1) is 6.21 Å². The molecule has 0 fully saturated rings. The number of nitrogens with zero attached hydrogens (tertiary/aromatic N) is 1. The Hall–Kier alpha value is -4.52. The maximum absolute atomic E-state index is 12.1. The Morgan fingerprint density at radius 2 is 1.35 bits per heavy atom. The van der Waals surface area contributed by atoms with Crippen LogP contribution in [0.4, 0.5) is 5.69 Å². The Labute approximate surface area is 177 Å². The van der Waals surface area contributed by atoms with E-state index in [9.17, 15) is 14.4 Å². The molecule has 4 N–H and O–H groups in total. The van der Waals surface area contributed by atoms with Crippen LogP contribution in [0.15, 0.2) is 84.0 Å². The molecular weight excluding hydrogens is 392 g/mol. The Kier molecular flexibility index (Phi) is 5.40. The summed E-state index contributed by atoms with van der Waals surface area (Å²) in [5.41, 5.74) is 8.93. The highest BCUT2D eigenvalue weighted by molar-refractivity contribution is 6.39. The van der Waals surface area contributed by atoms with E-state index in [0.29, 0.717) is 11.3 Å². The van der Waals surface area contributed by atoms with E-state index in [4.69, 9.17) is 5.73 Å². The Balaban J connectivity index is 1.51. The van der Waals surface area contributed by atoms with E-state index in [1.807, 2.05) is 48.5 Å². The molecule has 7 heteroatoms. The molecular formula is C24H18N4O3. The van der Waals surface area contributed by atoms with Crippen molar-refractivity contribution in [1.82, 2.24) is 5.43 Å². The molecule has 0 atom stereocenters. The van der Waals surface area contributed by atoms with Crippen molar-refractivity contribution in [3.8, 4) is 0 Å². The topological polar surface area (TPSA) is 114 Å². The van der Waals surface area contributed by atoms with E-state index in [-0.39, 0.29) is 0 Å². The van der Waals surface area contributed by atoms with Crippen LogP contribution in [-0.2, 0) is 9.59 Å². The van der Waals surface area contributed by atoms with Gasteiger partial charge < -0.3 is 11.1 Å². The van der Waals surface area contributed by atoms with Gasteiger partial charge in [-0.05, 0) is 51.9 Å². The van der Waals surface area contributed by atoms with Crippen LogP contribution in [0.5, 0.6) is 0 Å². The molecule has 0 aliphatic rings. The molecule has 152 valence electrons. The van der Waals surface area contributed by atoms with Crippen LogP contribution in [0.3, 0.4) is 0 Å². The second kappa shape index (κ2) is 8.46. The van der Waals surface area contributed by atoms with Gasteiger partial charge in [-0.3, -0.25) is 14.4 Å². The van der Waals surface area contributed by atoms with E-state index < -0.39 is 17.7 Å². The van der Waals surface area contributed by atoms with Gasteiger partial charge >= 0.3 is 11.8 Å². The van der Waals surface area contributed by atoms with Crippen LogP contribution in [0.25, 0.3) is 21.5 Å². The SMILES string of the molecule is NC(=O)c1ccc(NC(=O)C(=O)N/N=C/c2c3ccccc3cc3ccccc23)cc1. The van der Waals surface area contributed by atoms with E-state index in [1.54, 1.807) is 0 Å². The highest BCUT2D eigenvalue weighted by atomic mass is 16.2. The predicted octanol–water partition coefficient (Wildman–Crippen LogP) is 3.18. The molecule has 4 rings (SSSR count). The van der Waals surface area contributed by atoms with Gasteiger partial charge in [0.15, 0.2) is 0 Å². The summed E-state index contributed by atoms with van der Waals surface area (Å²) < 4.78 is 0. The van der Waals surface area contributed by atoms with Crippen molar-refractivity contribution in [3.63, 3.8) is 0 Å². The first-order chi connectivity index (χ1) is 15.0. The lowest BCUT2D eigenvalue weighted by molar-refractivity contribution is -0.136. The summed E-state index contributed by atoms with van der Waals surface area (Å²) in [6.45, 7) is 0. The fourth-order valence-electron chi connectivity index (χ4n) is 3.30. The van der Waals surface area contributed by atoms with Gasteiger partial charge in [-0.1, -0.05) is 48.5 Å². The number of benzene rings is 4. The van der Waals surface area contributed by atoms with Crippen LogP contribution in [0.2, 0.25) is 0 Å². The highest BCUT2D eigenvalue weighted by Gasteiger charge is 2.13. The number of anilines is 1. The first-order valence-electron chi connectivity index (χ1n) is 9.47. The fraction of sp³-hybridized carbons (Fsp3) is 0. The minimum Gasteiger partial charge on any atom is -0.366 e. The molecule has 0 heterocycles. The second-order valence-corrected chi connectivity index (χ2v) is 6.83. The number of hydrogen-bond acceptors (Lipinski definition) is 4. The average molecular weight is 410 g/mol. The zero-order valence-corrected chi connectivity index (χ0v) is 16.3. The van der Waals surface area contributed by atoms with E-state index in [1.165, 1.54) is 30.5 Å². The Morgan fingerprint density at radius 1 is 0.774 bits per heavy atom. The summed E-state index contributed by atoms with van der Waals surface area (Å²) in [6.07, 6.45) is 1.54. The van der Waals surface area contributed by atoms with Crippen LogP contribution >= 0.6 is 0 Å². The fourth-order valence-corrected chi connectivity index (χ4v) is 3.30. The summed E-state index contributed by atoms with van der Waals surface area (Å²) >= 11 is 0. The average Bonchev–Trinajstić information content (AvgIpc) is 2.78. The highest BCUT2D eigenvalue weighted by Crippen LogP contribution is 2.27. The summed E-state index contributed by atoms with van der Waals surface area (Å²) in [6, 6.07) is 23.7. The maximum Gasteiger partial charge on any atom is 0.329 e. The molecule has 4 aromatic carbocycles. The molecule has 0 saturated heterocycles. The zero-order chi connectivity index (χ0) is 21.8. The number of hydrazone groups is 1. The van der Waals surface area contributed by atoms with Crippen molar-refractivity contribution in [2.75, 3.05) is 5.32 Å². The third kappa shape index (κ3) is 4.25. The maximum atomic E-state index is 12.1. The minimum absolute atomic E-state index is 0.300. The summed E-state index contributed by atoms with van der Waals surface area (Å²) in [5, 5.41) is 10.5. The van der Waals surface area contributed by atoms with Gasteiger partial charge in [0.1, 0.15) is 0 Å². The van der Waals surface area contributed by atoms with Crippen molar-refractivity contribution in [1.29, 1.82) is 0 Å². The Morgan fingerprint density at radius 3 is 1.94 bits per heavy atom. The van der Waals surface area contributed by atoms with Gasteiger partial charge in [-0.25, -0.2) is 5.43 Å². The number of fused-ring (bicyclic) bond motifs is 2. The largest absolute Gasteiger partial charge is 0.366 e. The molecule has 0 bridgehead atoms. The smallest absolute Gasteiger partial charge is 0.329 e. The van der Waals surface area contributed by atoms with Crippen molar-refractivity contribution in [3.05, 3.63) is 90.0 Å². The second-order valence-electron chi connectivity index (χ2n) is 6.83. The van der Waals surface area contributed by atoms with Crippen LogP contribution in [0.1, 0.15) is 15.9 Å². The lowest BCUT2D eigenvalue weighted by Gasteiger charge is -2.08. The van der Waals surface area contributed by atoms with E-state index >= 15 is 0 Å². The molecule has 0 aliphatic heterocycles. The number of carbonyl (C=O) groups excluding carboxylic acids is 3. The number of rotatable bonds is 4. The molecule has 0 spiro atoms. The predicted molar refractivity (Wildman–Crippen MR) is 121 cm³/mol. The molecule has 0 saturated carbocycles. The molecule has 7 nitrogen and oxygen atoms in total. The summed E-state index contributed by atoms with van der Waals surface area (Å²) in [7, 11) is 0. The normalized spacial score (nSPS) is 11.0. The van der Waals surface area contributed by atoms with Crippen LogP contribution in [0, 0.1) is 0 Å². The van der Waals surface area contributed by atoms with Crippen molar-refractivity contribution >= 4 is 51.2 Å². The van der Waals surface area contributed by atoms with Crippen molar-refractivity contribution < 1.29 is 14.4 Å². The van der Waals surface area contributed by atoms with Crippen LogP contribution < -0.4 is 16.5 Å². The molecule has 3 amide bonds. The molecule has 0 aliphatic carbocycles. The first-order valence-corrected chi connectivity index (χ1v) is 9.47. The minimum atomic E-state index is -0.917. The molecule has 4 aromatic rings. The third-order valence-electron chi connectivity index (χ3n) is 4.81. The van der Waals surface area contributed by atoms with E-state index in [0.717, 1.165) is 27.1 Å². The third-order valence-corrected chi connectivity index (χ3v) is 4.81. The lowest BCUT2D eigenvalue weighted by Crippen LogP contribution is -2.32. The standard InChI is InChI=1S/C24H18N4O3/c25-22(29)15-9-11-18(12-10-15)27-23(30)24(31)28-26-14-21-19-7-3-1-5-16(19)13-17-6-2-4-8-20(17)21/h1-14H,(H2,25,29)(H,27,30)(H,28,31)/b26-14+. The molecule has 31 heavy (non-hydrogen) atoms. The number of carbonyl (C=O) groups is 3. The van der Waals surface area contributed by atoms with Gasteiger partial charge in [-0.15, -0.1) is 0 Å². The number of nitrogens with two attached hydrogens (primary N) is 1. The van der Waals surface area contributed by atoms with Gasteiger partial charge in [0, 0.05) is 16.8 Å². The summed E-state index contributed by atoms with van der Waals surface area (Å²) in [4.78, 5) is 35.3. The van der Waals surface area contributed by atoms with Crippen molar-refractivity contribution in [2.45, 2.75) is 0 Å². The number of hydrogen-bond donors (Lipinski definition) is 3. The van der Waals surface area contributed by atoms with E-state index in [2.05, 4.69) is 21.9 Å². The number of amides is 3. The number of primary amides is 1. The monoisotopic (exact) mass is 410 g/mol. The van der Waals surface area contributed by atoms with Gasteiger partial charge in [-0.2, -0.15) is 5.10 Å². The van der Waals surface area contributed by atoms with Crippen LogP contribution in [-0.4, -0.2) is 23.9 Å². The Bertz CT molecular complexity index is 1290. The molecule has 0 unspecified atom stereocenters. The number of nitrogens with one attached hydrogen (secondary N) is 2. The summed E-state index contributed by atoms with van der Waals surface area (Å²) in [5.74, 6) is -2.38.